The number of nitrogens with zero attached hydrogens (tertiary/aromatic N) is 2. The van der Waals surface area contributed by atoms with E-state index in [2.05, 4.69) is 15.0 Å². The zero-order valence-electron chi connectivity index (χ0n) is 12.9. The number of imidazole rings is 1. The van der Waals surface area contributed by atoms with Crippen LogP contribution in [0.3, 0.4) is 0 Å². The van der Waals surface area contributed by atoms with Gasteiger partial charge in [-0.25, -0.2) is 18.1 Å². The summed E-state index contributed by atoms with van der Waals surface area (Å²) in [5, 5.41) is 2.60. The number of hydrogen-bond acceptors (Lipinski definition) is 5. The minimum atomic E-state index is -3.77. The third-order valence-corrected chi connectivity index (χ3v) is 4.07. The van der Waals surface area contributed by atoms with Gasteiger partial charge in [0.1, 0.15) is 0 Å². The predicted octanol–water partition coefficient (Wildman–Crippen LogP) is -0.390. The highest BCUT2D eigenvalue weighted by molar-refractivity contribution is 7.89. The quantitative estimate of drug-likeness (QED) is 0.588. The Morgan fingerprint density at radius 1 is 1.45 bits per heavy atom. The number of hydrogen-bond donors (Lipinski definition) is 3. The molecule has 22 heavy (non-hydrogen) atoms. The topological polar surface area (TPSA) is 119 Å². The lowest BCUT2D eigenvalue weighted by atomic mass is 10.0. The summed E-state index contributed by atoms with van der Waals surface area (Å²) in [6, 6.07) is -0.156. The van der Waals surface area contributed by atoms with E-state index in [0.717, 1.165) is 6.42 Å². The van der Waals surface area contributed by atoms with Gasteiger partial charge in [-0.15, -0.1) is 12.4 Å². The summed E-state index contributed by atoms with van der Waals surface area (Å²) in [6.45, 7) is 4.03. The van der Waals surface area contributed by atoms with E-state index >= 15 is 0 Å². The molecule has 1 heterocycles. The van der Waals surface area contributed by atoms with E-state index in [-0.39, 0.29) is 30.0 Å². The third-order valence-electron chi connectivity index (χ3n) is 2.78. The summed E-state index contributed by atoms with van der Waals surface area (Å²) < 4.78 is 27.5. The molecule has 1 amide bonds. The van der Waals surface area contributed by atoms with Crippen molar-refractivity contribution in [3.63, 3.8) is 0 Å². The lowest BCUT2D eigenvalue weighted by Crippen LogP contribution is -2.45. The van der Waals surface area contributed by atoms with Gasteiger partial charge in [0.25, 0.3) is 10.0 Å². The molecule has 8 nitrogen and oxygen atoms in total. The number of carbonyl (C=O) groups is 1. The van der Waals surface area contributed by atoms with Gasteiger partial charge in [-0.05, 0) is 12.3 Å². The van der Waals surface area contributed by atoms with E-state index in [9.17, 15) is 13.2 Å². The first-order valence-electron chi connectivity index (χ1n) is 6.71. The van der Waals surface area contributed by atoms with Crippen LogP contribution in [0.4, 0.5) is 0 Å². The molecule has 0 saturated carbocycles. The van der Waals surface area contributed by atoms with Crippen LogP contribution in [-0.4, -0.2) is 43.0 Å². The first-order valence-corrected chi connectivity index (χ1v) is 8.20. The summed E-state index contributed by atoms with van der Waals surface area (Å²) >= 11 is 0. The number of carbonyl (C=O) groups excluding carboxylic acids is 1. The molecule has 0 aromatic carbocycles. The van der Waals surface area contributed by atoms with Gasteiger partial charge in [-0.2, -0.15) is 0 Å². The molecule has 0 radical (unpaired) electrons. The van der Waals surface area contributed by atoms with Gasteiger partial charge in [0.05, 0.1) is 12.9 Å². The number of amides is 1. The minimum absolute atomic E-state index is 0. The molecule has 1 aromatic heterocycles. The van der Waals surface area contributed by atoms with Crippen LogP contribution in [0.2, 0.25) is 0 Å². The van der Waals surface area contributed by atoms with Crippen molar-refractivity contribution in [3.05, 3.63) is 12.5 Å². The number of rotatable bonds is 8. The highest BCUT2D eigenvalue weighted by Crippen LogP contribution is 2.04. The predicted molar refractivity (Wildman–Crippen MR) is 86.1 cm³/mol. The molecule has 0 aliphatic rings. The monoisotopic (exact) mass is 353 g/mol. The summed E-state index contributed by atoms with van der Waals surface area (Å²) in [6.07, 6.45) is 3.48. The lowest BCUT2D eigenvalue weighted by molar-refractivity contribution is -0.120. The molecule has 0 saturated heterocycles. The maximum absolute atomic E-state index is 11.9. The Hall–Kier alpha value is -1.16. The maximum atomic E-state index is 11.9. The van der Waals surface area contributed by atoms with Crippen LogP contribution in [0.15, 0.2) is 17.6 Å². The zero-order chi connectivity index (χ0) is 16.0. The molecule has 1 rings (SSSR count). The van der Waals surface area contributed by atoms with E-state index in [1.54, 1.807) is 7.05 Å². The van der Waals surface area contributed by atoms with E-state index < -0.39 is 15.9 Å². The number of nitrogens with two attached hydrogens (primary N) is 1. The highest BCUT2D eigenvalue weighted by Gasteiger charge is 2.19. The molecule has 0 aliphatic heterocycles. The van der Waals surface area contributed by atoms with Crippen molar-refractivity contribution in [1.82, 2.24) is 19.6 Å². The molecular weight excluding hydrogens is 330 g/mol. The smallest absolute Gasteiger partial charge is 0.260 e. The SMILES string of the molecule is CC(C)CC(CN)NC(=O)CNS(=O)(=O)c1cn(C)cn1.Cl. The van der Waals surface area contributed by atoms with Crippen molar-refractivity contribution in [2.75, 3.05) is 13.1 Å². The molecule has 1 atom stereocenters. The molecule has 0 spiro atoms. The van der Waals surface area contributed by atoms with E-state index in [1.165, 1.54) is 17.1 Å². The number of halogens is 1. The van der Waals surface area contributed by atoms with Crippen molar-refractivity contribution < 1.29 is 13.2 Å². The van der Waals surface area contributed by atoms with Gasteiger partial charge in [-0.1, -0.05) is 13.8 Å². The largest absolute Gasteiger partial charge is 0.351 e. The maximum Gasteiger partial charge on any atom is 0.260 e. The Kier molecular flexibility index (Phi) is 8.61. The Morgan fingerprint density at radius 2 is 2.09 bits per heavy atom. The number of nitrogens with one attached hydrogen (secondary N) is 2. The van der Waals surface area contributed by atoms with Crippen LogP contribution >= 0.6 is 12.4 Å². The molecule has 1 aromatic rings. The Labute approximate surface area is 137 Å². The fourth-order valence-electron chi connectivity index (χ4n) is 1.82. The van der Waals surface area contributed by atoms with Crippen molar-refractivity contribution in [2.45, 2.75) is 31.3 Å². The highest BCUT2D eigenvalue weighted by atomic mass is 35.5. The first kappa shape index (κ1) is 20.8. The fraction of sp³-hybridized carbons (Fsp3) is 0.667. The fourth-order valence-corrected chi connectivity index (χ4v) is 2.78. The van der Waals surface area contributed by atoms with Crippen molar-refractivity contribution in [1.29, 1.82) is 0 Å². The van der Waals surface area contributed by atoms with E-state index in [4.69, 9.17) is 5.73 Å². The second-order valence-corrected chi connectivity index (χ2v) is 7.05. The average Bonchev–Trinajstić information content (AvgIpc) is 2.82. The molecule has 4 N–H and O–H groups in total. The third kappa shape index (κ3) is 6.73. The molecule has 0 bridgehead atoms. The van der Waals surface area contributed by atoms with Crippen LogP contribution in [0, 0.1) is 5.92 Å². The Balaban J connectivity index is 0.00000441. The van der Waals surface area contributed by atoms with Gasteiger partial charge in [0.15, 0.2) is 5.03 Å². The summed E-state index contributed by atoms with van der Waals surface area (Å²) in [5.74, 6) is -0.0188. The second kappa shape index (κ2) is 9.09. The minimum Gasteiger partial charge on any atom is -0.351 e. The van der Waals surface area contributed by atoms with E-state index in [0.29, 0.717) is 12.5 Å². The zero-order valence-corrected chi connectivity index (χ0v) is 14.6. The van der Waals surface area contributed by atoms with Gasteiger partial charge in [-0.3, -0.25) is 4.79 Å². The standard InChI is InChI=1S/C12H23N5O3S.ClH/c1-9(2)4-10(5-13)16-11(18)6-15-21(19,20)12-7-17(3)8-14-12;/h7-10,15H,4-6,13H2,1-3H3,(H,16,18);1H. The average molecular weight is 354 g/mol. The number of aromatic nitrogens is 2. The van der Waals surface area contributed by atoms with Crippen LogP contribution in [-0.2, 0) is 21.9 Å². The number of aryl methyl sites for hydroxylation is 1. The van der Waals surface area contributed by atoms with Gasteiger partial charge < -0.3 is 15.6 Å². The molecule has 10 heteroatoms. The summed E-state index contributed by atoms with van der Waals surface area (Å²) in [7, 11) is -2.11. The molecule has 1 unspecified atom stereocenters. The van der Waals surface area contributed by atoms with Crippen LogP contribution < -0.4 is 15.8 Å². The first-order chi connectivity index (χ1) is 9.74. The summed E-state index contributed by atoms with van der Waals surface area (Å²) in [4.78, 5) is 15.5. The van der Waals surface area contributed by atoms with Crippen LogP contribution in [0.5, 0.6) is 0 Å². The van der Waals surface area contributed by atoms with Crippen LogP contribution in [0.25, 0.3) is 0 Å². The molecule has 0 aliphatic carbocycles. The Morgan fingerprint density at radius 3 is 2.55 bits per heavy atom. The number of sulfonamides is 1. The normalized spacial score (nSPS) is 12.8. The van der Waals surface area contributed by atoms with Gasteiger partial charge in [0.2, 0.25) is 5.91 Å². The van der Waals surface area contributed by atoms with Crippen molar-refractivity contribution >= 4 is 28.3 Å². The van der Waals surface area contributed by atoms with Crippen LogP contribution in [0.1, 0.15) is 20.3 Å². The lowest BCUT2D eigenvalue weighted by Gasteiger charge is -2.18. The molecule has 0 fully saturated rings. The molecular formula is C12H24ClN5O3S. The van der Waals surface area contributed by atoms with Gasteiger partial charge >= 0.3 is 0 Å². The second-order valence-electron chi connectivity index (χ2n) is 5.33. The van der Waals surface area contributed by atoms with Crippen molar-refractivity contribution in [3.8, 4) is 0 Å². The van der Waals surface area contributed by atoms with Gasteiger partial charge in [0, 0.05) is 25.8 Å². The van der Waals surface area contributed by atoms with Crippen molar-refractivity contribution in [2.24, 2.45) is 18.7 Å². The summed E-state index contributed by atoms with van der Waals surface area (Å²) in [5.41, 5.74) is 5.58. The Bertz CT molecular complexity index is 573. The van der Waals surface area contributed by atoms with E-state index in [1.807, 2.05) is 13.8 Å². The molecule has 128 valence electrons.